The largest absolute Gasteiger partial charge is 0.305 e. The smallest absolute Gasteiger partial charge is 0.0776 e. The lowest BCUT2D eigenvalue weighted by Crippen LogP contribution is -2.21. The van der Waals surface area contributed by atoms with Crippen LogP contribution in [0.2, 0.25) is 0 Å². The summed E-state index contributed by atoms with van der Waals surface area (Å²) < 4.78 is 2.38. The molecule has 0 saturated carbocycles. The molecule has 0 aliphatic heterocycles. The molecule has 0 fully saturated rings. The number of thiophene rings is 2. The molecule has 2 aromatic rings. The van der Waals surface area contributed by atoms with Crippen molar-refractivity contribution in [3.63, 3.8) is 0 Å². The third-order valence-electron chi connectivity index (χ3n) is 2.38. The highest BCUT2D eigenvalue weighted by Crippen LogP contribution is 2.37. The predicted molar refractivity (Wildman–Crippen MR) is 84.2 cm³/mol. The molecule has 92 valence electrons. The van der Waals surface area contributed by atoms with E-state index in [0.717, 1.165) is 13.0 Å². The Balaban J connectivity index is 2.28. The molecule has 1 unspecified atom stereocenters. The van der Waals surface area contributed by atoms with Gasteiger partial charge in [-0.1, -0.05) is 6.92 Å². The molecule has 0 amide bonds. The summed E-state index contributed by atoms with van der Waals surface area (Å²) in [5, 5.41) is 5.74. The third kappa shape index (κ3) is 3.41. The van der Waals surface area contributed by atoms with Crippen LogP contribution in [0.15, 0.2) is 31.8 Å². The van der Waals surface area contributed by atoms with Crippen molar-refractivity contribution in [1.29, 1.82) is 0 Å². The van der Waals surface area contributed by atoms with Crippen molar-refractivity contribution in [2.24, 2.45) is 0 Å². The Bertz CT molecular complexity index is 478. The van der Waals surface area contributed by atoms with Crippen LogP contribution in [0.3, 0.4) is 0 Å². The topological polar surface area (TPSA) is 12.0 Å². The molecule has 0 spiro atoms. The zero-order chi connectivity index (χ0) is 12.3. The Hall–Kier alpha value is 0.320. The average molecular weight is 395 g/mol. The van der Waals surface area contributed by atoms with Crippen LogP contribution in [-0.2, 0) is 0 Å². The van der Waals surface area contributed by atoms with Crippen molar-refractivity contribution in [3.8, 4) is 0 Å². The molecular formula is C12H13Br2NS2. The van der Waals surface area contributed by atoms with Gasteiger partial charge in [0.1, 0.15) is 0 Å². The molecule has 2 aromatic heterocycles. The van der Waals surface area contributed by atoms with E-state index in [2.05, 4.69) is 67.7 Å². The van der Waals surface area contributed by atoms with Gasteiger partial charge in [0, 0.05) is 14.2 Å². The summed E-state index contributed by atoms with van der Waals surface area (Å²) in [4.78, 5) is 2.71. The summed E-state index contributed by atoms with van der Waals surface area (Å²) in [5.74, 6) is 0. The molecule has 1 atom stereocenters. The van der Waals surface area contributed by atoms with Gasteiger partial charge >= 0.3 is 0 Å². The molecule has 17 heavy (non-hydrogen) atoms. The van der Waals surface area contributed by atoms with Gasteiger partial charge in [0.15, 0.2) is 0 Å². The molecule has 0 aromatic carbocycles. The highest BCUT2D eigenvalue weighted by Gasteiger charge is 2.18. The summed E-state index contributed by atoms with van der Waals surface area (Å²) in [5.41, 5.74) is 0. The number of rotatable bonds is 5. The van der Waals surface area contributed by atoms with Crippen molar-refractivity contribution in [2.45, 2.75) is 19.4 Å². The summed E-state index contributed by atoms with van der Waals surface area (Å²) in [7, 11) is 0. The van der Waals surface area contributed by atoms with E-state index in [1.807, 2.05) is 0 Å². The fraction of sp³-hybridized carbons (Fsp3) is 0.333. The number of hydrogen-bond donors (Lipinski definition) is 1. The van der Waals surface area contributed by atoms with E-state index < -0.39 is 0 Å². The predicted octanol–water partition coefficient (Wildman–Crippen LogP) is 5.42. The standard InChI is InChI=1S/C12H13Br2NS2/c1-2-6-15-11(9-3-4-10(14)17-9)12-8(13)5-7-16-12/h3-5,7,11,15H,2,6H2,1H3. The van der Waals surface area contributed by atoms with Crippen molar-refractivity contribution in [3.05, 3.63) is 41.6 Å². The first-order valence-corrected chi connectivity index (χ1v) is 8.72. The summed E-state index contributed by atoms with van der Waals surface area (Å²) in [6, 6.07) is 6.72. The second-order valence-electron chi connectivity index (χ2n) is 3.66. The summed E-state index contributed by atoms with van der Waals surface area (Å²) >= 11 is 10.7. The molecule has 0 radical (unpaired) electrons. The van der Waals surface area contributed by atoms with Gasteiger partial charge in [-0.3, -0.25) is 0 Å². The van der Waals surface area contributed by atoms with Crippen LogP contribution >= 0.6 is 54.5 Å². The first kappa shape index (κ1) is 13.7. The zero-order valence-corrected chi connectivity index (χ0v) is 14.2. The Labute approximate surface area is 127 Å². The number of nitrogens with one attached hydrogen (secondary N) is 1. The molecule has 0 aliphatic carbocycles. The van der Waals surface area contributed by atoms with E-state index in [1.54, 1.807) is 22.7 Å². The molecule has 0 saturated heterocycles. The van der Waals surface area contributed by atoms with Crippen molar-refractivity contribution in [2.75, 3.05) is 6.54 Å². The Kier molecular flexibility index (Phi) is 5.24. The maximum absolute atomic E-state index is 3.63. The number of hydrogen-bond acceptors (Lipinski definition) is 3. The molecule has 2 heterocycles. The van der Waals surface area contributed by atoms with Crippen LogP contribution in [-0.4, -0.2) is 6.54 Å². The van der Waals surface area contributed by atoms with Crippen LogP contribution in [0.5, 0.6) is 0 Å². The van der Waals surface area contributed by atoms with Crippen molar-refractivity contribution >= 4 is 54.5 Å². The lowest BCUT2D eigenvalue weighted by atomic mass is 10.2. The minimum absolute atomic E-state index is 0.306. The molecule has 2 rings (SSSR count). The first-order valence-electron chi connectivity index (χ1n) is 5.44. The Morgan fingerprint density at radius 1 is 1.29 bits per heavy atom. The molecule has 5 heteroatoms. The molecule has 0 aliphatic rings. The highest BCUT2D eigenvalue weighted by molar-refractivity contribution is 9.11. The summed E-state index contributed by atoms with van der Waals surface area (Å²) in [6.07, 6.45) is 1.14. The van der Waals surface area contributed by atoms with Gasteiger partial charge in [-0.25, -0.2) is 0 Å². The quantitative estimate of drug-likeness (QED) is 0.713. The Morgan fingerprint density at radius 2 is 2.12 bits per heavy atom. The van der Waals surface area contributed by atoms with Gasteiger partial charge in [0.25, 0.3) is 0 Å². The summed E-state index contributed by atoms with van der Waals surface area (Å²) in [6.45, 7) is 3.22. The van der Waals surface area contributed by atoms with Crippen molar-refractivity contribution < 1.29 is 0 Å². The lowest BCUT2D eigenvalue weighted by molar-refractivity contribution is 0.612. The van der Waals surface area contributed by atoms with Gasteiger partial charge < -0.3 is 5.32 Å². The second-order valence-corrected chi connectivity index (χ2v) is 7.96. The van der Waals surface area contributed by atoms with E-state index in [9.17, 15) is 0 Å². The first-order chi connectivity index (χ1) is 8.22. The van der Waals surface area contributed by atoms with E-state index in [-0.39, 0.29) is 0 Å². The van der Waals surface area contributed by atoms with E-state index in [4.69, 9.17) is 0 Å². The molecule has 1 nitrogen and oxygen atoms in total. The van der Waals surface area contributed by atoms with Crippen molar-refractivity contribution in [1.82, 2.24) is 5.32 Å². The van der Waals surface area contributed by atoms with E-state index >= 15 is 0 Å². The van der Waals surface area contributed by atoms with Gasteiger partial charge in [-0.05, 0) is 68.4 Å². The molecule has 0 bridgehead atoms. The SMILES string of the molecule is CCCNC(c1ccc(Br)s1)c1sccc1Br. The fourth-order valence-corrected chi connectivity index (χ4v) is 4.88. The van der Waals surface area contributed by atoms with Gasteiger partial charge in [-0.2, -0.15) is 0 Å². The minimum Gasteiger partial charge on any atom is -0.305 e. The second kappa shape index (κ2) is 6.48. The van der Waals surface area contributed by atoms with Gasteiger partial charge in [0.05, 0.1) is 9.83 Å². The molecular weight excluding hydrogens is 382 g/mol. The van der Waals surface area contributed by atoms with Crippen LogP contribution in [0.4, 0.5) is 0 Å². The highest BCUT2D eigenvalue weighted by atomic mass is 79.9. The molecule has 1 N–H and O–H groups in total. The normalized spacial score (nSPS) is 12.9. The Morgan fingerprint density at radius 3 is 2.65 bits per heavy atom. The van der Waals surface area contributed by atoms with Crippen LogP contribution in [0, 0.1) is 0 Å². The minimum atomic E-state index is 0.306. The third-order valence-corrected chi connectivity index (χ3v) is 6.01. The van der Waals surface area contributed by atoms with Crippen LogP contribution in [0.1, 0.15) is 29.1 Å². The zero-order valence-electron chi connectivity index (χ0n) is 9.37. The maximum Gasteiger partial charge on any atom is 0.0776 e. The average Bonchev–Trinajstić information content (AvgIpc) is 2.90. The monoisotopic (exact) mass is 393 g/mol. The van der Waals surface area contributed by atoms with Crippen LogP contribution < -0.4 is 5.32 Å². The number of halogens is 2. The van der Waals surface area contributed by atoms with Crippen LogP contribution in [0.25, 0.3) is 0 Å². The van der Waals surface area contributed by atoms with E-state index in [1.165, 1.54) is 18.0 Å². The van der Waals surface area contributed by atoms with Gasteiger partial charge in [0.2, 0.25) is 0 Å². The fourth-order valence-electron chi connectivity index (χ4n) is 1.61. The van der Waals surface area contributed by atoms with Gasteiger partial charge in [-0.15, -0.1) is 22.7 Å². The maximum atomic E-state index is 3.63. The van der Waals surface area contributed by atoms with E-state index in [0.29, 0.717) is 6.04 Å². The lowest BCUT2D eigenvalue weighted by Gasteiger charge is -2.16.